The van der Waals surface area contributed by atoms with Gasteiger partial charge in [0.05, 0.1) is 11.2 Å². The van der Waals surface area contributed by atoms with Crippen LogP contribution in [0.2, 0.25) is 0 Å². The molecule has 4 rings (SSSR count). The Morgan fingerprint density at radius 2 is 1.76 bits per heavy atom. The average molecular weight is 338 g/mol. The topological polar surface area (TPSA) is 48.5 Å². The number of aromatic nitrogens is 1. The van der Waals surface area contributed by atoms with Crippen molar-refractivity contribution >= 4 is 22.6 Å². The Balaban J connectivity index is 1.37. The van der Waals surface area contributed by atoms with Gasteiger partial charge in [-0.25, -0.2) is 4.79 Å². The minimum atomic E-state index is -0.0125. The first-order valence-corrected chi connectivity index (χ1v) is 9.45. The molecule has 1 aliphatic heterocycles. The normalized spacial score (nSPS) is 19.9. The van der Waals surface area contributed by atoms with Crippen LogP contribution >= 0.6 is 0 Å². The predicted molar refractivity (Wildman–Crippen MR) is 101 cm³/mol. The van der Waals surface area contributed by atoms with Crippen molar-refractivity contribution in [3.8, 4) is 0 Å². The monoisotopic (exact) mass is 338 g/mol. The third-order valence-electron chi connectivity index (χ3n) is 5.57. The molecule has 5 heteroatoms. The number of rotatable bonds is 2. The van der Waals surface area contributed by atoms with E-state index in [-0.39, 0.29) is 6.03 Å². The SMILES string of the molecule is O=C(Nc1cccc2cccnc12)N1CCN(C2CCCCC2)CC1. The van der Waals surface area contributed by atoms with Crippen LogP contribution in [0.5, 0.6) is 0 Å². The fourth-order valence-electron chi connectivity index (χ4n) is 4.14. The molecule has 0 atom stereocenters. The van der Waals surface area contributed by atoms with Crippen molar-refractivity contribution in [3.63, 3.8) is 0 Å². The van der Waals surface area contributed by atoms with Crippen LogP contribution in [0.15, 0.2) is 36.5 Å². The maximum Gasteiger partial charge on any atom is 0.321 e. The van der Waals surface area contributed by atoms with Gasteiger partial charge in [0.1, 0.15) is 0 Å². The first-order chi connectivity index (χ1) is 12.3. The van der Waals surface area contributed by atoms with Gasteiger partial charge in [-0.2, -0.15) is 0 Å². The molecule has 5 nitrogen and oxygen atoms in total. The number of nitrogens with zero attached hydrogens (tertiary/aromatic N) is 3. The molecule has 1 aromatic carbocycles. The molecule has 1 aliphatic carbocycles. The number of hydrogen-bond donors (Lipinski definition) is 1. The second kappa shape index (κ2) is 7.40. The minimum absolute atomic E-state index is 0.0125. The number of pyridine rings is 1. The lowest BCUT2D eigenvalue weighted by Crippen LogP contribution is -2.53. The van der Waals surface area contributed by atoms with E-state index in [1.807, 2.05) is 35.2 Å². The molecule has 2 heterocycles. The summed E-state index contributed by atoms with van der Waals surface area (Å²) in [6.45, 7) is 3.60. The fraction of sp³-hybridized carbons (Fsp3) is 0.500. The van der Waals surface area contributed by atoms with Gasteiger partial charge >= 0.3 is 6.03 Å². The number of benzene rings is 1. The van der Waals surface area contributed by atoms with Gasteiger partial charge in [-0.1, -0.05) is 37.5 Å². The number of para-hydroxylation sites is 1. The van der Waals surface area contributed by atoms with Crippen LogP contribution in [0.3, 0.4) is 0 Å². The molecule has 0 bridgehead atoms. The Labute approximate surface area is 149 Å². The molecule has 2 aromatic rings. The third-order valence-corrected chi connectivity index (χ3v) is 5.57. The van der Waals surface area contributed by atoms with E-state index in [9.17, 15) is 4.79 Å². The number of urea groups is 1. The van der Waals surface area contributed by atoms with Crippen LogP contribution in [-0.2, 0) is 0 Å². The van der Waals surface area contributed by atoms with Gasteiger partial charge in [0.25, 0.3) is 0 Å². The van der Waals surface area contributed by atoms with Gasteiger partial charge in [-0.05, 0) is 25.0 Å². The molecule has 2 aliphatic rings. The van der Waals surface area contributed by atoms with Gasteiger partial charge in [0.2, 0.25) is 0 Å². The van der Waals surface area contributed by atoms with Crippen molar-refractivity contribution in [2.45, 2.75) is 38.1 Å². The molecular formula is C20H26N4O. The van der Waals surface area contributed by atoms with E-state index in [0.29, 0.717) is 0 Å². The van der Waals surface area contributed by atoms with Crippen molar-refractivity contribution in [3.05, 3.63) is 36.5 Å². The second-order valence-electron chi connectivity index (χ2n) is 7.13. The van der Waals surface area contributed by atoms with Crippen LogP contribution in [0.25, 0.3) is 10.9 Å². The van der Waals surface area contributed by atoms with Crippen molar-refractivity contribution < 1.29 is 4.79 Å². The van der Waals surface area contributed by atoms with Crippen molar-refractivity contribution in [2.75, 3.05) is 31.5 Å². The van der Waals surface area contributed by atoms with Crippen LogP contribution in [0.4, 0.5) is 10.5 Å². The van der Waals surface area contributed by atoms with Gasteiger partial charge in [0.15, 0.2) is 0 Å². The zero-order chi connectivity index (χ0) is 17.1. The van der Waals surface area contributed by atoms with E-state index in [1.165, 1.54) is 32.1 Å². The van der Waals surface area contributed by atoms with E-state index in [2.05, 4.69) is 15.2 Å². The van der Waals surface area contributed by atoms with Crippen LogP contribution in [-0.4, -0.2) is 53.0 Å². The number of anilines is 1. The largest absolute Gasteiger partial charge is 0.322 e. The average Bonchev–Trinajstić information content (AvgIpc) is 2.69. The molecule has 132 valence electrons. The number of piperazine rings is 1. The predicted octanol–water partition coefficient (Wildman–Crippen LogP) is 3.72. The lowest BCUT2D eigenvalue weighted by Gasteiger charge is -2.40. The van der Waals surface area contributed by atoms with Crippen molar-refractivity contribution in [1.82, 2.24) is 14.8 Å². The molecule has 1 saturated heterocycles. The zero-order valence-corrected chi connectivity index (χ0v) is 14.7. The highest BCUT2D eigenvalue weighted by Crippen LogP contribution is 2.24. The van der Waals surface area contributed by atoms with E-state index in [4.69, 9.17) is 0 Å². The van der Waals surface area contributed by atoms with Gasteiger partial charge in [-0.15, -0.1) is 0 Å². The smallest absolute Gasteiger partial charge is 0.321 e. The summed E-state index contributed by atoms with van der Waals surface area (Å²) >= 11 is 0. The lowest BCUT2D eigenvalue weighted by molar-refractivity contribution is 0.0943. The highest BCUT2D eigenvalue weighted by atomic mass is 16.2. The molecule has 0 unspecified atom stereocenters. The third kappa shape index (κ3) is 3.61. The van der Waals surface area contributed by atoms with Gasteiger partial charge in [-0.3, -0.25) is 9.88 Å². The molecular weight excluding hydrogens is 312 g/mol. The highest BCUT2D eigenvalue weighted by Gasteiger charge is 2.27. The maximum absolute atomic E-state index is 12.7. The lowest BCUT2D eigenvalue weighted by atomic mass is 9.94. The zero-order valence-electron chi connectivity index (χ0n) is 14.7. The van der Waals surface area contributed by atoms with Crippen LogP contribution in [0.1, 0.15) is 32.1 Å². The molecule has 1 saturated carbocycles. The van der Waals surface area contributed by atoms with E-state index in [1.54, 1.807) is 6.20 Å². The van der Waals surface area contributed by atoms with Crippen LogP contribution < -0.4 is 5.32 Å². The number of hydrogen-bond acceptors (Lipinski definition) is 3. The second-order valence-corrected chi connectivity index (χ2v) is 7.13. The summed E-state index contributed by atoms with van der Waals surface area (Å²) in [5.41, 5.74) is 1.64. The van der Waals surface area contributed by atoms with Crippen molar-refractivity contribution in [2.24, 2.45) is 0 Å². The summed E-state index contributed by atoms with van der Waals surface area (Å²) < 4.78 is 0. The molecule has 0 radical (unpaired) electrons. The molecule has 2 fully saturated rings. The fourth-order valence-corrected chi connectivity index (χ4v) is 4.14. The quantitative estimate of drug-likeness (QED) is 0.908. The Hall–Kier alpha value is -2.14. The number of nitrogens with one attached hydrogen (secondary N) is 1. The molecule has 2 amide bonds. The van der Waals surface area contributed by atoms with Gasteiger partial charge in [0, 0.05) is 43.8 Å². The number of carbonyl (C=O) groups excluding carboxylic acids is 1. The number of carbonyl (C=O) groups is 1. The van der Waals surface area contributed by atoms with Gasteiger partial charge < -0.3 is 10.2 Å². The Kier molecular flexibility index (Phi) is 4.83. The minimum Gasteiger partial charge on any atom is -0.322 e. The first kappa shape index (κ1) is 16.3. The summed E-state index contributed by atoms with van der Waals surface area (Å²) in [6.07, 6.45) is 8.53. The standard InChI is InChI=1S/C20H26N4O/c25-20(22-18-10-4-6-16-7-5-11-21-19(16)18)24-14-12-23(13-15-24)17-8-2-1-3-9-17/h4-7,10-11,17H,1-3,8-9,12-15H2,(H,22,25). The number of amides is 2. The van der Waals surface area contributed by atoms with Crippen LogP contribution in [0, 0.1) is 0 Å². The molecule has 0 spiro atoms. The highest BCUT2D eigenvalue weighted by molar-refractivity contribution is 5.99. The Morgan fingerprint density at radius 3 is 2.56 bits per heavy atom. The summed E-state index contributed by atoms with van der Waals surface area (Å²) in [5.74, 6) is 0. The first-order valence-electron chi connectivity index (χ1n) is 9.45. The Morgan fingerprint density at radius 1 is 1.00 bits per heavy atom. The summed E-state index contributed by atoms with van der Waals surface area (Å²) in [6, 6.07) is 10.6. The molecule has 1 aromatic heterocycles. The van der Waals surface area contributed by atoms with E-state index >= 15 is 0 Å². The summed E-state index contributed by atoms with van der Waals surface area (Å²) in [4.78, 5) is 21.6. The van der Waals surface area contributed by atoms with Crippen molar-refractivity contribution in [1.29, 1.82) is 0 Å². The maximum atomic E-state index is 12.7. The summed E-state index contributed by atoms with van der Waals surface area (Å²) in [7, 11) is 0. The Bertz CT molecular complexity index is 728. The molecule has 25 heavy (non-hydrogen) atoms. The van der Waals surface area contributed by atoms with E-state index in [0.717, 1.165) is 48.8 Å². The molecule has 1 N–H and O–H groups in total. The number of fused-ring (bicyclic) bond motifs is 1. The van der Waals surface area contributed by atoms with E-state index < -0.39 is 0 Å². The summed E-state index contributed by atoms with van der Waals surface area (Å²) in [5, 5.41) is 4.10.